The lowest BCUT2D eigenvalue weighted by Crippen LogP contribution is -2.28. The molecule has 0 spiro atoms. The van der Waals surface area contributed by atoms with Crippen LogP contribution in [0.3, 0.4) is 0 Å². The van der Waals surface area contributed by atoms with E-state index < -0.39 is 11.7 Å². The molecule has 0 aromatic heterocycles. The topological polar surface area (TPSA) is 15.3 Å². The number of likely N-dealkylation sites (tertiary alicyclic amines) is 1. The van der Waals surface area contributed by atoms with E-state index in [9.17, 15) is 13.2 Å². The van der Waals surface area contributed by atoms with Gasteiger partial charge in [0.05, 0.1) is 5.56 Å². The zero-order chi connectivity index (χ0) is 14.9. The summed E-state index contributed by atoms with van der Waals surface area (Å²) in [6, 6.07) is 6.62. The Balaban J connectivity index is 1.57. The summed E-state index contributed by atoms with van der Waals surface area (Å²) in [5.41, 5.74) is -0.106. The highest BCUT2D eigenvalue weighted by Crippen LogP contribution is 2.33. The molecule has 0 amide bonds. The van der Waals surface area contributed by atoms with Crippen LogP contribution in [0.25, 0.3) is 0 Å². The second-order valence-corrected chi connectivity index (χ2v) is 6.23. The highest BCUT2D eigenvalue weighted by atomic mass is 19.4. The van der Waals surface area contributed by atoms with Crippen molar-refractivity contribution >= 4 is 0 Å². The van der Waals surface area contributed by atoms with Crippen molar-refractivity contribution in [3.8, 4) is 0 Å². The van der Waals surface area contributed by atoms with Crippen molar-refractivity contribution in [2.24, 2.45) is 5.92 Å². The Morgan fingerprint density at radius 1 is 1.14 bits per heavy atom. The summed E-state index contributed by atoms with van der Waals surface area (Å²) in [7, 11) is 0. The molecule has 1 aromatic carbocycles. The molecule has 1 unspecified atom stereocenters. The maximum Gasteiger partial charge on any atom is 0.416 e. The van der Waals surface area contributed by atoms with E-state index in [4.69, 9.17) is 0 Å². The monoisotopic (exact) mass is 298 g/mol. The van der Waals surface area contributed by atoms with Gasteiger partial charge in [0.15, 0.2) is 0 Å². The average Bonchev–Trinajstić information content (AvgIpc) is 3.16. The van der Waals surface area contributed by atoms with Gasteiger partial charge in [-0.25, -0.2) is 0 Å². The van der Waals surface area contributed by atoms with Crippen LogP contribution < -0.4 is 5.32 Å². The van der Waals surface area contributed by atoms with E-state index >= 15 is 0 Å². The largest absolute Gasteiger partial charge is 0.416 e. The summed E-state index contributed by atoms with van der Waals surface area (Å²) >= 11 is 0. The van der Waals surface area contributed by atoms with Crippen LogP contribution in [0.4, 0.5) is 13.2 Å². The molecule has 1 aliphatic carbocycles. The number of nitrogens with zero attached hydrogens (tertiary/aromatic N) is 1. The van der Waals surface area contributed by atoms with E-state index in [1.165, 1.54) is 25.0 Å². The Hall–Kier alpha value is -1.07. The second kappa shape index (κ2) is 5.97. The lowest BCUT2D eigenvalue weighted by Gasteiger charge is -2.19. The molecule has 1 aromatic rings. The van der Waals surface area contributed by atoms with E-state index in [0.29, 0.717) is 24.1 Å². The third-order valence-corrected chi connectivity index (χ3v) is 4.36. The standard InChI is InChI=1S/C16H21F3N2/c17-16(18,19)15-4-2-1-3-13(15)11-21-8-7-12(10-21)9-20-14-5-6-14/h1-4,12,14,20H,5-11H2. The van der Waals surface area contributed by atoms with Gasteiger partial charge < -0.3 is 5.32 Å². The van der Waals surface area contributed by atoms with Crippen LogP contribution in [0.1, 0.15) is 30.4 Å². The molecule has 1 heterocycles. The minimum atomic E-state index is -4.26. The predicted octanol–water partition coefficient (Wildman–Crippen LogP) is 3.28. The maximum absolute atomic E-state index is 13.0. The smallest absolute Gasteiger partial charge is 0.314 e. The fourth-order valence-electron chi connectivity index (χ4n) is 3.02. The summed E-state index contributed by atoms with van der Waals surface area (Å²) in [5, 5.41) is 3.51. The lowest BCUT2D eigenvalue weighted by atomic mass is 10.1. The Bertz CT molecular complexity index is 483. The van der Waals surface area contributed by atoms with Gasteiger partial charge in [-0.15, -0.1) is 0 Å². The van der Waals surface area contributed by atoms with Crippen molar-refractivity contribution in [3.63, 3.8) is 0 Å². The van der Waals surface area contributed by atoms with Crippen LogP contribution in [0.5, 0.6) is 0 Å². The van der Waals surface area contributed by atoms with Gasteiger partial charge in [0.1, 0.15) is 0 Å². The molecule has 0 bridgehead atoms. The number of rotatable bonds is 5. The molecule has 116 valence electrons. The Morgan fingerprint density at radius 2 is 1.90 bits per heavy atom. The van der Waals surface area contributed by atoms with E-state index in [2.05, 4.69) is 10.2 Å². The van der Waals surface area contributed by atoms with Gasteiger partial charge in [0, 0.05) is 19.1 Å². The molecule has 1 aliphatic heterocycles. The molecular formula is C16H21F3N2. The van der Waals surface area contributed by atoms with Gasteiger partial charge >= 0.3 is 6.18 Å². The third-order valence-electron chi connectivity index (χ3n) is 4.36. The number of alkyl halides is 3. The van der Waals surface area contributed by atoms with Crippen LogP contribution in [0, 0.1) is 5.92 Å². The van der Waals surface area contributed by atoms with Crippen LogP contribution >= 0.6 is 0 Å². The molecule has 5 heteroatoms. The molecule has 2 aliphatic rings. The van der Waals surface area contributed by atoms with Crippen LogP contribution in [0.2, 0.25) is 0 Å². The normalized spacial score (nSPS) is 23.7. The van der Waals surface area contributed by atoms with Gasteiger partial charge in [-0.05, 0) is 49.9 Å². The Labute approximate surface area is 123 Å². The van der Waals surface area contributed by atoms with E-state index in [-0.39, 0.29) is 0 Å². The van der Waals surface area contributed by atoms with Gasteiger partial charge in [0.25, 0.3) is 0 Å². The SMILES string of the molecule is FC(F)(F)c1ccccc1CN1CCC(CNC2CC2)C1. The first-order valence-corrected chi connectivity index (χ1v) is 7.63. The van der Waals surface area contributed by atoms with Gasteiger partial charge in [-0.3, -0.25) is 4.90 Å². The summed E-state index contributed by atoms with van der Waals surface area (Å²) < 4.78 is 39.0. The zero-order valence-corrected chi connectivity index (χ0v) is 12.0. The zero-order valence-electron chi connectivity index (χ0n) is 12.0. The summed E-state index contributed by atoms with van der Waals surface area (Å²) in [4.78, 5) is 2.14. The minimum Gasteiger partial charge on any atom is -0.314 e. The molecule has 3 rings (SSSR count). The van der Waals surface area contributed by atoms with Crippen molar-refractivity contribution in [1.29, 1.82) is 0 Å². The molecule has 2 nitrogen and oxygen atoms in total. The van der Waals surface area contributed by atoms with Gasteiger partial charge in [0.2, 0.25) is 0 Å². The fraction of sp³-hybridized carbons (Fsp3) is 0.625. The number of hydrogen-bond acceptors (Lipinski definition) is 2. The lowest BCUT2D eigenvalue weighted by molar-refractivity contribution is -0.138. The predicted molar refractivity (Wildman–Crippen MR) is 75.9 cm³/mol. The van der Waals surface area contributed by atoms with Crippen molar-refractivity contribution in [2.75, 3.05) is 19.6 Å². The molecule has 21 heavy (non-hydrogen) atoms. The van der Waals surface area contributed by atoms with Crippen molar-refractivity contribution in [2.45, 2.75) is 38.0 Å². The molecule has 1 saturated heterocycles. The van der Waals surface area contributed by atoms with E-state index in [0.717, 1.165) is 26.1 Å². The van der Waals surface area contributed by atoms with Crippen LogP contribution in [-0.2, 0) is 12.7 Å². The molecule has 1 atom stereocenters. The van der Waals surface area contributed by atoms with Gasteiger partial charge in [-0.2, -0.15) is 13.2 Å². The number of benzene rings is 1. The van der Waals surface area contributed by atoms with Crippen LogP contribution in [0.15, 0.2) is 24.3 Å². The molecule has 2 fully saturated rings. The number of nitrogens with one attached hydrogen (secondary N) is 1. The minimum absolute atomic E-state index is 0.390. The molecule has 0 radical (unpaired) electrons. The Morgan fingerprint density at radius 3 is 2.62 bits per heavy atom. The maximum atomic E-state index is 13.0. The summed E-state index contributed by atoms with van der Waals surface area (Å²) in [6.45, 7) is 3.19. The number of halogens is 3. The van der Waals surface area contributed by atoms with Crippen molar-refractivity contribution < 1.29 is 13.2 Å². The molecule has 1 N–H and O–H groups in total. The summed E-state index contributed by atoms with van der Waals surface area (Å²) in [6.07, 6.45) is -0.637. The first kappa shape index (κ1) is 14.9. The Kier molecular flexibility index (Phi) is 4.22. The highest BCUT2D eigenvalue weighted by Gasteiger charge is 2.34. The first-order valence-electron chi connectivity index (χ1n) is 7.63. The summed E-state index contributed by atoms with van der Waals surface area (Å²) in [5.74, 6) is 0.573. The quantitative estimate of drug-likeness (QED) is 0.897. The van der Waals surface area contributed by atoms with E-state index in [1.807, 2.05) is 0 Å². The van der Waals surface area contributed by atoms with Crippen molar-refractivity contribution in [1.82, 2.24) is 10.2 Å². The third kappa shape index (κ3) is 3.98. The van der Waals surface area contributed by atoms with Gasteiger partial charge in [-0.1, -0.05) is 18.2 Å². The first-order chi connectivity index (χ1) is 10.0. The van der Waals surface area contributed by atoms with Crippen LogP contribution in [-0.4, -0.2) is 30.6 Å². The van der Waals surface area contributed by atoms with Crippen molar-refractivity contribution in [3.05, 3.63) is 35.4 Å². The second-order valence-electron chi connectivity index (χ2n) is 6.23. The highest BCUT2D eigenvalue weighted by molar-refractivity contribution is 5.29. The molecule has 1 saturated carbocycles. The molecular weight excluding hydrogens is 277 g/mol. The number of hydrogen-bond donors (Lipinski definition) is 1. The van der Waals surface area contributed by atoms with E-state index in [1.54, 1.807) is 12.1 Å². The fourth-order valence-corrected chi connectivity index (χ4v) is 3.02. The average molecular weight is 298 g/mol.